The summed E-state index contributed by atoms with van der Waals surface area (Å²) in [6.45, 7) is 7.87. The zero-order chi connectivity index (χ0) is 11.8. The summed E-state index contributed by atoms with van der Waals surface area (Å²) < 4.78 is 5.15. The van der Waals surface area contributed by atoms with Crippen molar-refractivity contribution < 1.29 is 9.53 Å². The summed E-state index contributed by atoms with van der Waals surface area (Å²) in [5, 5.41) is -0.487. The van der Waals surface area contributed by atoms with Gasteiger partial charge in [-0.1, -0.05) is 19.9 Å². The minimum Gasteiger partial charge on any atom is -0.484 e. The number of aryl methyl sites for hydroxylation is 2. The summed E-state index contributed by atoms with van der Waals surface area (Å²) in [7, 11) is 0. The van der Waals surface area contributed by atoms with E-state index in [1.165, 1.54) is 0 Å². The molecule has 0 aromatic heterocycles. The van der Waals surface area contributed by atoms with E-state index in [0.29, 0.717) is 5.75 Å². The van der Waals surface area contributed by atoms with Crippen LogP contribution in [0.15, 0.2) is 18.2 Å². The normalized spacial score (nSPS) is 8.87. The number of ether oxygens (including phenoxy) is 1. The van der Waals surface area contributed by atoms with Gasteiger partial charge in [0.1, 0.15) is 5.75 Å². The van der Waals surface area contributed by atoms with E-state index in [-0.39, 0.29) is 6.61 Å². The molecule has 0 atom stereocenters. The summed E-state index contributed by atoms with van der Waals surface area (Å²) in [5.41, 5.74) is 2.22. The molecule has 0 aliphatic heterocycles. The van der Waals surface area contributed by atoms with E-state index < -0.39 is 5.24 Å². The van der Waals surface area contributed by atoms with Crippen LogP contribution in [0.5, 0.6) is 5.75 Å². The molecular formula is C12H17ClO2. The van der Waals surface area contributed by atoms with Crippen molar-refractivity contribution in [1.82, 2.24) is 0 Å². The first kappa shape index (κ1) is 14.0. The first-order chi connectivity index (χ1) is 7.08. The molecule has 0 aliphatic rings. The van der Waals surface area contributed by atoms with E-state index in [4.69, 9.17) is 16.3 Å². The minimum absolute atomic E-state index is 0.0789. The molecule has 0 saturated carbocycles. The molecule has 0 unspecified atom stereocenters. The fourth-order valence-corrected chi connectivity index (χ4v) is 1.21. The van der Waals surface area contributed by atoms with Crippen LogP contribution in [0.25, 0.3) is 0 Å². The average Bonchev–Trinajstić information content (AvgIpc) is 2.16. The topological polar surface area (TPSA) is 26.3 Å². The molecule has 84 valence electrons. The van der Waals surface area contributed by atoms with Crippen molar-refractivity contribution in [3.05, 3.63) is 29.3 Å². The third-order valence-corrected chi connectivity index (χ3v) is 1.66. The molecule has 0 bridgehead atoms. The van der Waals surface area contributed by atoms with E-state index >= 15 is 0 Å². The van der Waals surface area contributed by atoms with Crippen molar-refractivity contribution in [3.8, 4) is 5.75 Å². The summed E-state index contributed by atoms with van der Waals surface area (Å²) in [6.07, 6.45) is 0. The smallest absolute Gasteiger partial charge is 0.259 e. The SMILES string of the molecule is CC.Cc1cc(C)cc(OCC(=O)Cl)c1. The molecule has 0 aliphatic carbocycles. The Bertz CT molecular complexity index is 301. The Labute approximate surface area is 96.2 Å². The average molecular weight is 229 g/mol. The Morgan fingerprint density at radius 3 is 2.07 bits per heavy atom. The van der Waals surface area contributed by atoms with Gasteiger partial charge in [-0.05, 0) is 48.7 Å². The predicted molar refractivity (Wildman–Crippen MR) is 63.6 cm³/mol. The second-order valence-electron chi connectivity index (χ2n) is 2.97. The Balaban J connectivity index is 0.000000921. The lowest BCUT2D eigenvalue weighted by Crippen LogP contribution is -2.04. The first-order valence-corrected chi connectivity index (χ1v) is 5.35. The van der Waals surface area contributed by atoms with Crippen LogP contribution in [0.2, 0.25) is 0 Å². The maximum absolute atomic E-state index is 10.4. The van der Waals surface area contributed by atoms with Gasteiger partial charge in [0.15, 0.2) is 6.61 Å². The predicted octanol–water partition coefficient (Wildman–Crippen LogP) is 3.47. The summed E-state index contributed by atoms with van der Waals surface area (Å²) in [4.78, 5) is 10.4. The van der Waals surface area contributed by atoms with E-state index in [2.05, 4.69) is 0 Å². The summed E-state index contributed by atoms with van der Waals surface area (Å²) in [5.74, 6) is 0.687. The molecule has 3 heteroatoms. The molecule has 0 radical (unpaired) electrons. The quantitative estimate of drug-likeness (QED) is 0.741. The highest BCUT2D eigenvalue weighted by Gasteiger charge is 1.99. The third-order valence-electron chi connectivity index (χ3n) is 1.55. The Morgan fingerprint density at radius 2 is 1.67 bits per heavy atom. The minimum atomic E-state index is -0.487. The number of carbonyl (C=O) groups excluding carboxylic acids is 1. The van der Waals surface area contributed by atoms with Crippen molar-refractivity contribution >= 4 is 16.8 Å². The molecular weight excluding hydrogens is 212 g/mol. The van der Waals surface area contributed by atoms with Crippen molar-refractivity contribution in [2.75, 3.05) is 6.61 Å². The second kappa shape index (κ2) is 7.30. The second-order valence-corrected chi connectivity index (χ2v) is 3.39. The zero-order valence-corrected chi connectivity index (χ0v) is 10.4. The van der Waals surface area contributed by atoms with Crippen LogP contribution in [-0.4, -0.2) is 11.8 Å². The molecule has 1 aromatic carbocycles. The van der Waals surface area contributed by atoms with Gasteiger partial charge in [0, 0.05) is 0 Å². The number of rotatable bonds is 3. The summed E-state index contributed by atoms with van der Waals surface area (Å²) >= 11 is 5.14. The van der Waals surface area contributed by atoms with Crippen molar-refractivity contribution in [2.24, 2.45) is 0 Å². The maximum atomic E-state index is 10.4. The maximum Gasteiger partial charge on any atom is 0.259 e. The van der Waals surface area contributed by atoms with Gasteiger partial charge in [-0.3, -0.25) is 4.79 Å². The lowest BCUT2D eigenvalue weighted by Gasteiger charge is -2.05. The zero-order valence-electron chi connectivity index (χ0n) is 9.63. The summed E-state index contributed by atoms with van der Waals surface area (Å²) in [6, 6.07) is 5.77. The molecule has 0 saturated heterocycles. The Kier molecular flexibility index (Phi) is 6.80. The Morgan fingerprint density at radius 1 is 1.20 bits per heavy atom. The fraction of sp³-hybridized carbons (Fsp3) is 0.417. The number of hydrogen-bond donors (Lipinski definition) is 0. The van der Waals surface area contributed by atoms with Crippen LogP contribution in [0, 0.1) is 13.8 Å². The van der Waals surface area contributed by atoms with E-state index in [9.17, 15) is 4.79 Å². The van der Waals surface area contributed by atoms with E-state index in [1.54, 1.807) is 0 Å². The van der Waals surface area contributed by atoms with Crippen molar-refractivity contribution in [3.63, 3.8) is 0 Å². The lowest BCUT2D eigenvalue weighted by atomic mass is 10.1. The van der Waals surface area contributed by atoms with Gasteiger partial charge in [-0.2, -0.15) is 0 Å². The molecule has 15 heavy (non-hydrogen) atoms. The monoisotopic (exact) mass is 228 g/mol. The van der Waals surface area contributed by atoms with Gasteiger partial charge in [-0.25, -0.2) is 0 Å². The molecule has 0 amide bonds. The van der Waals surface area contributed by atoms with Gasteiger partial charge in [-0.15, -0.1) is 0 Å². The first-order valence-electron chi connectivity index (χ1n) is 4.97. The van der Waals surface area contributed by atoms with E-state index in [1.807, 2.05) is 45.9 Å². The number of hydrogen-bond acceptors (Lipinski definition) is 2. The van der Waals surface area contributed by atoms with Gasteiger partial charge in [0.05, 0.1) is 0 Å². The van der Waals surface area contributed by atoms with E-state index in [0.717, 1.165) is 11.1 Å². The van der Waals surface area contributed by atoms with Crippen LogP contribution in [0.3, 0.4) is 0 Å². The van der Waals surface area contributed by atoms with Crippen LogP contribution in [-0.2, 0) is 4.79 Å². The van der Waals surface area contributed by atoms with Gasteiger partial charge in [0.2, 0.25) is 0 Å². The molecule has 1 rings (SSSR count). The number of carbonyl (C=O) groups is 1. The van der Waals surface area contributed by atoms with Crippen LogP contribution in [0.1, 0.15) is 25.0 Å². The molecule has 0 N–H and O–H groups in total. The highest BCUT2D eigenvalue weighted by atomic mass is 35.5. The van der Waals surface area contributed by atoms with Gasteiger partial charge < -0.3 is 4.74 Å². The largest absolute Gasteiger partial charge is 0.484 e. The van der Waals surface area contributed by atoms with Crippen molar-refractivity contribution in [1.29, 1.82) is 0 Å². The molecule has 0 heterocycles. The number of halogens is 1. The van der Waals surface area contributed by atoms with Crippen LogP contribution >= 0.6 is 11.6 Å². The third kappa shape index (κ3) is 6.13. The molecule has 0 fully saturated rings. The molecule has 2 nitrogen and oxygen atoms in total. The van der Waals surface area contributed by atoms with Crippen LogP contribution in [0.4, 0.5) is 0 Å². The fourth-order valence-electron chi connectivity index (χ4n) is 1.16. The highest BCUT2D eigenvalue weighted by Crippen LogP contribution is 2.16. The highest BCUT2D eigenvalue weighted by molar-refractivity contribution is 6.63. The lowest BCUT2D eigenvalue weighted by molar-refractivity contribution is -0.113. The van der Waals surface area contributed by atoms with Gasteiger partial charge >= 0.3 is 0 Å². The standard InChI is InChI=1S/C10H11ClO2.C2H6/c1-7-3-8(2)5-9(4-7)13-6-10(11)12;1-2/h3-5H,6H2,1-2H3;1-2H3. The van der Waals surface area contributed by atoms with Crippen LogP contribution < -0.4 is 4.74 Å². The number of benzene rings is 1. The Hall–Kier alpha value is -1.02. The molecule has 1 aromatic rings. The van der Waals surface area contributed by atoms with Crippen molar-refractivity contribution in [2.45, 2.75) is 27.7 Å². The van der Waals surface area contributed by atoms with Gasteiger partial charge in [0.25, 0.3) is 5.24 Å². The molecule has 0 spiro atoms.